The fourth-order valence-electron chi connectivity index (χ4n) is 7.73. The monoisotopic (exact) mass is 891 g/mol. The molecule has 13 heteroatoms. The number of hydrogen-bond acceptors (Lipinski definition) is 11. The van der Waals surface area contributed by atoms with Gasteiger partial charge in [-0.3, -0.25) is 14.1 Å². The number of ether oxygens (including phenoxy) is 4. The van der Waals surface area contributed by atoms with Gasteiger partial charge >= 0.3 is 11.9 Å². The summed E-state index contributed by atoms with van der Waals surface area (Å²) in [6, 6.07) is 0. The molecule has 0 aromatic carbocycles. The molecule has 0 bridgehead atoms. The first-order chi connectivity index (χ1) is 29.5. The summed E-state index contributed by atoms with van der Waals surface area (Å²) in [5.41, 5.74) is 0. The molecule has 1 rings (SSSR count). The lowest BCUT2D eigenvalue weighted by Crippen LogP contribution is -2.60. The van der Waals surface area contributed by atoms with E-state index >= 15 is 0 Å². The van der Waals surface area contributed by atoms with Crippen molar-refractivity contribution >= 4 is 22.1 Å². The summed E-state index contributed by atoms with van der Waals surface area (Å²) in [6.07, 6.45) is 32.5. The third-order valence-corrected chi connectivity index (χ3v) is 12.3. The van der Waals surface area contributed by atoms with E-state index in [-0.39, 0.29) is 19.4 Å². The van der Waals surface area contributed by atoms with E-state index < -0.39 is 71.2 Å². The summed E-state index contributed by atoms with van der Waals surface area (Å²) in [5, 5.41) is 30.9. The van der Waals surface area contributed by atoms with Crippen molar-refractivity contribution in [3.8, 4) is 0 Å². The van der Waals surface area contributed by atoms with Crippen molar-refractivity contribution in [3.05, 3.63) is 12.2 Å². The molecule has 0 amide bonds. The van der Waals surface area contributed by atoms with Crippen LogP contribution in [0, 0.1) is 0 Å². The summed E-state index contributed by atoms with van der Waals surface area (Å²) in [4.78, 5) is 25.5. The molecule has 0 aromatic rings. The van der Waals surface area contributed by atoms with Crippen molar-refractivity contribution in [2.45, 2.75) is 263 Å². The van der Waals surface area contributed by atoms with Gasteiger partial charge < -0.3 is 34.3 Å². The molecule has 1 fully saturated rings. The number of aliphatic hydroxyl groups excluding tert-OH is 3. The number of allylic oxidation sites excluding steroid dienone is 2. The lowest BCUT2D eigenvalue weighted by molar-refractivity contribution is -0.297. The molecule has 6 atom stereocenters. The van der Waals surface area contributed by atoms with Gasteiger partial charge in [-0.2, -0.15) is 8.42 Å². The van der Waals surface area contributed by atoms with Crippen LogP contribution >= 0.6 is 0 Å². The highest BCUT2D eigenvalue weighted by molar-refractivity contribution is 7.85. The summed E-state index contributed by atoms with van der Waals surface area (Å²) < 4.78 is 54.2. The van der Waals surface area contributed by atoms with Gasteiger partial charge in [0.1, 0.15) is 36.8 Å². The van der Waals surface area contributed by atoms with Crippen LogP contribution in [0.25, 0.3) is 0 Å². The highest BCUT2D eigenvalue weighted by Crippen LogP contribution is 2.24. The van der Waals surface area contributed by atoms with Crippen molar-refractivity contribution < 1.29 is 56.8 Å². The SMILES string of the molecule is CCCCCC/C=C/CCCCCCCCCCCC(=O)O[C@H](COC(=O)CCCCCCCCCCCCCCCCCC)CO[C@H]1O[C@H](CS(=O)(=O)O)[C@@H](O)C(O)C1O. The van der Waals surface area contributed by atoms with Crippen LogP contribution in [-0.4, -0.2) is 96.0 Å². The smallest absolute Gasteiger partial charge is 0.306 e. The maximum atomic E-state index is 12.8. The third kappa shape index (κ3) is 33.6. The van der Waals surface area contributed by atoms with Crippen molar-refractivity contribution in [3.63, 3.8) is 0 Å². The van der Waals surface area contributed by atoms with Gasteiger partial charge in [0.25, 0.3) is 10.1 Å². The Kier molecular flexibility index (Phi) is 36.5. The summed E-state index contributed by atoms with van der Waals surface area (Å²) in [7, 11) is -4.60. The van der Waals surface area contributed by atoms with Crippen molar-refractivity contribution in [2.75, 3.05) is 19.0 Å². The molecule has 61 heavy (non-hydrogen) atoms. The van der Waals surface area contributed by atoms with Gasteiger partial charge in [0.05, 0.1) is 6.61 Å². The molecule has 12 nitrogen and oxygen atoms in total. The summed E-state index contributed by atoms with van der Waals surface area (Å²) >= 11 is 0. The highest BCUT2D eigenvalue weighted by Gasteiger charge is 2.46. The molecule has 1 heterocycles. The van der Waals surface area contributed by atoms with E-state index in [4.69, 9.17) is 18.9 Å². The van der Waals surface area contributed by atoms with Crippen LogP contribution in [-0.2, 0) is 38.7 Å². The van der Waals surface area contributed by atoms with Gasteiger partial charge in [-0.15, -0.1) is 0 Å². The Morgan fingerprint density at radius 2 is 0.934 bits per heavy atom. The zero-order valence-electron chi connectivity index (χ0n) is 38.5. The maximum Gasteiger partial charge on any atom is 0.306 e. The second kappa shape index (κ2) is 38.8. The fraction of sp³-hybridized carbons (Fsp3) is 0.917. The van der Waals surface area contributed by atoms with E-state index in [1.807, 2.05) is 0 Å². The normalized spacial score (nSPS) is 20.0. The molecule has 0 radical (unpaired) electrons. The predicted octanol–water partition coefficient (Wildman–Crippen LogP) is 10.6. The molecule has 2 unspecified atom stereocenters. The predicted molar refractivity (Wildman–Crippen MR) is 243 cm³/mol. The van der Waals surface area contributed by atoms with Gasteiger partial charge in [-0.1, -0.05) is 187 Å². The zero-order chi connectivity index (χ0) is 44.8. The first kappa shape index (κ1) is 57.4. The van der Waals surface area contributed by atoms with Gasteiger partial charge in [0.15, 0.2) is 12.4 Å². The Balaban J connectivity index is 2.39. The van der Waals surface area contributed by atoms with Crippen molar-refractivity contribution in [2.24, 2.45) is 0 Å². The molecule has 0 saturated carbocycles. The van der Waals surface area contributed by atoms with E-state index in [1.54, 1.807) is 0 Å². The molecule has 4 N–H and O–H groups in total. The topological polar surface area (TPSA) is 186 Å². The van der Waals surface area contributed by atoms with Crippen molar-refractivity contribution in [1.82, 2.24) is 0 Å². The van der Waals surface area contributed by atoms with Crippen LogP contribution in [0.3, 0.4) is 0 Å². The van der Waals surface area contributed by atoms with E-state index in [0.717, 1.165) is 38.5 Å². The van der Waals surface area contributed by atoms with Crippen LogP contribution in [0.4, 0.5) is 0 Å². The van der Waals surface area contributed by atoms with Crippen LogP contribution < -0.4 is 0 Å². The lowest BCUT2D eigenvalue weighted by Gasteiger charge is -2.40. The Bertz CT molecular complexity index is 1180. The second-order valence-electron chi connectivity index (χ2n) is 17.5. The van der Waals surface area contributed by atoms with Crippen LogP contribution in [0.2, 0.25) is 0 Å². The summed E-state index contributed by atoms with van der Waals surface area (Å²) in [5.74, 6) is -1.97. The molecule has 360 valence electrons. The van der Waals surface area contributed by atoms with Gasteiger partial charge in [-0.25, -0.2) is 0 Å². The van der Waals surface area contributed by atoms with E-state index in [9.17, 15) is 37.9 Å². The first-order valence-corrected chi connectivity index (χ1v) is 26.4. The van der Waals surface area contributed by atoms with Gasteiger partial charge in [-0.05, 0) is 38.5 Å². The van der Waals surface area contributed by atoms with Gasteiger partial charge in [0, 0.05) is 12.8 Å². The average molecular weight is 891 g/mol. The standard InChI is InChI=1S/C48H90O12S/c1-3-5-7-9-11-13-15-17-19-21-23-25-27-29-31-33-35-37-44(50)59-41(39-58-48-47(53)46(52)45(51)42(60-48)40-61(54,55)56)38-57-43(49)36-34-32-30-28-26-24-22-20-18-16-14-12-10-8-6-4-2/h13,15,41-42,45-48,51-53H,3-12,14,16-40H2,1-2H3,(H,54,55,56)/b15-13+/t41-,42-,45-,46?,47?,48+/m1/s1. The largest absolute Gasteiger partial charge is 0.462 e. The quantitative estimate of drug-likeness (QED) is 0.0197. The minimum Gasteiger partial charge on any atom is -0.462 e. The molecular formula is C48H90O12S. The number of esters is 2. The first-order valence-electron chi connectivity index (χ1n) is 24.7. The van der Waals surface area contributed by atoms with Gasteiger partial charge in [0.2, 0.25) is 0 Å². The molecule has 1 saturated heterocycles. The number of carbonyl (C=O) groups excluding carboxylic acids is 2. The molecule has 0 spiro atoms. The highest BCUT2D eigenvalue weighted by atomic mass is 32.2. The van der Waals surface area contributed by atoms with Crippen LogP contribution in [0.5, 0.6) is 0 Å². The molecule has 1 aliphatic heterocycles. The number of hydrogen-bond donors (Lipinski definition) is 4. The number of carbonyl (C=O) groups is 2. The number of aliphatic hydroxyl groups is 3. The Morgan fingerprint density at radius 1 is 0.541 bits per heavy atom. The van der Waals surface area contributed by atoms with Crippen LogP contribution in [0.1, 0.15) is 226 Å². The zero-order valence-corrected chi connectivity index (χ0v) is 39.4. The molecular weight excluding hydrogens is 801 g/mol. The molecule has 0 aromatic heterocycles. The molecule has 0 aliphatic carbocycles. The Labute approximate surface area is 371 Å². The van der Waals surface area contributed by atoms with E-state index in [2.05, 4.69) is 26.0 Å². The number of unbranched alkanes of at least 4 members (excludes halogenated alkanes) is 28. The van der Waals surface area contributed by atoms with E-state index in [0.29, 0.717) is 12.8 Å². The minimum absolute atomic E-state index is 0.166. The maximum absolute atomic E-state index is 12.8. The fourth-order valence-corrected chi connectivity index (χ4v) is 8.42. The molecule has 1 aliphatic rings. The van der Waals surface area contributed by atoms with Crippen molar-refractivity contribution in [1.29, 1.82) is 0 Å². The Morgan fingerprint density at radius 3 is 1.38 bits per heavy atom. The third-order valence-electron chi connectivity index (χ3n) is 11.6. The van der Waals surface area contributed by atoms with Crippen LogP contribution in [0.15, 0.2) is 12.2 Å². The minimum atomic E-state index is -4.60. The average Bonchev–Trinajstić information content (AvgIpc) is 3.22. The summed E-state index contributed by atoms with van der Waals surface area (Å²) in [6.45, 7) is 3.78. The van der Waals surface area contributed by atoms with E-state index in [1.165, 1.54) is 148 Å². The second-order valence-corrected chi connectivity index (χ2v) is 19.0. The Hall–Kier alpha value is -1.61. The number of rotatable bonds is 42. The lowest BCUT2D eigenvalue weighted by atomic mass is 10.00.